The molecule has 0 radical (unpaired) electrons. The minimum Gasteiger partial charge on any atom is -0.277 e. The first-order valence-electron chi connectivity index (χ1n) is 8.16. The van der Waals surface area contributed by atoms with Gasteiger partial charge in [-0.05, 0) is 80.1 Å². The highest BCUT2D eigenvalue weighted by atomic mass is 32.2. The number of hydrazine groups is 1. The molecule has 0 saturated heterocycles. The Kier molecular flexibility index (Phi) is 5.83. The molecule has 0 fully saturated rings. The number of benzene rings is 2. The summed E-state index contributed by atoms with van der Waals surface area (Å²) >= 11 is 0. The Morgan fingerprint density at radius 3 is 1.85 bits per heavy atom. The molecule has 1 amide bonds. The second-order valence-electron chi connectivity index (χ2n) is 6.41. The van der Waals surface area contributed by atoms with Gasteiger partial charge in [-0.3, -0.25) is 10.2 Å². The van der Waals surface area contributed by atoms with Crippen molar-refractivity contribution in [3.63, 3.8) is 0 Å². The molecule has 0 unspecified atom stereocenters. The van der Waals surface area contributed by atoms with Crippen molar-refractivity contribution in [3.05, 3.63) is 63.5 Å². The van der Waals surface area contributed by atoms with E-state index in [-0.39, 0.29) is 11.3 Å². The molecule has 26 heavy (non-hydrogen) atoms. The zero-order valence-corrected chi connectivity index (χ0v) is 16.3. The molecule has 2 aromatic carbocycles. The van der Waals surface area contributed by atoms with E-state index in [0.717, 1.165) is 16.7 Å². The normalized spacial score (nSPS) is 11.5. The maximum Gasteiger partial charge on any atom is 0.257 e. The van der Waals surface area contributed by atoms with Crippen molar-refractivity contribution in [2.75, 3.05) is 0 Å². The van der Waals surface area contributed by atoms with Gasteiger partial charge in [0.2, 0.25) is 5.91 Å². The van der Waals surface area contributed by atoms with Crippen LogP contribution in [0, 0.1) is 40.4 Å². The van der Waals surface area contributed by atoms with Crippen LogP contribution in [0.15, 0.2) is 29.2 Å². The molecule has 0 aliphatic heterocycles. The Labute approximate surface area is 153 Å². The van der Waals surface area contributed by atoms with Crippen molar-refractivity contribution in [1.82, 2.24) is 10.3 Å². The first-order chi connectivity index (χ1) is 12.0. The van der Waals surface area contributed by atoms with Crippen LogP contribution in [-0.4, -0.2) is 14.3 Å². The Morgan fingerprint density at radius 1 is 0.885 bits per heavy atom. The standard InChI is InChI=1S/C19H23FN2O3S/c1-11-12(2)14(4)19(15(5)13(11)3)26(24,25)22-21-18(23)10-16-6-8-17(20)9-7-16/h6-9,22H,10H2,1-5H3,(H,21,23). The van der Waals surface area contributed by atoms with E-state index >= 15 is 0 Å². The molecular weight excluding hydrogens is 355 g/mol. The Bertz CT molecular complexity index is 923. The summed E-state index contributed by atoms with van der Waals surface area (Å²) in [4.78, 5) is 14.3. The number of nitrogens with one attached hydrogen (secondary N) is 2. The summed E-state index contributed by atoms with van der Waals surface area (Å²) in [6.07, 6.45) is -0.0628. The van der Waals surface area contributed by atoms with Crippen LogP contribution in [0.2, 0.25) is 0 Å². The summed E-state index contributed by atoms with van der Waals surface area (Å²) in [5.41, 5.74) is 6.99. The highest BCUT2D eigenvalue weighted by molar-refractivity contribution is 7.89. The second kappa shape index (κ2) is 7.55. The van der Waals surface area contributed by atoms with Crippen molar-refractivity contribution in [2.45, 2.75) is 45.9 Å². The van der Waals surface area contributed by atoms with E-state index in [1.54, 1.807) is 13.8 Å². The predicted molar refractivity (Wildman–Crippen MR) is 98.7 cm³/mol. The van der Waals surface area contributed by atoms with Gasteiger partial charge >= 0.3 is 0 Å². The number of sulfonamides is 1. The lowest BCUT2D eigenvalue weighted by Crippen LogP contribution is -2.42. The van der Waals surface area contributed by atoms with E-state index in [9.17, 15) is 17.6 Å². The van der Waals surface area contributed by atoms with Gasteiger partial charge in [-0.25, -0.2) is 12.8 Å². The highest BCUT2D eigenvalue weighted by Crippen LogP contribution is 2.29. The van der Waals surface area contributed by atoms with E-state index in [1.165, 1.54) is 24.3 Å². The number of carbonyl (C=O) groups is 1. The quantitative estimate of drug-likeness (QED) is 0.786. The number of rotatable bonds is 5. The van der Waals surface area contributed by atoms with Gasteiger partial charge in [0.1, 0.15) is 5.82 Å². The van der Waals surface area contributed by atoms with Crippen molar-refractivity contribution >= 4 is 15.9 Å². The van der Waals surface area contributed by atoms with E-state index < -0.39 is 21.7 Å². The third kappa shape index (κ3) is 4.11. The lowest BCUT2D eigenvalue weighted by atomic mass is 9.95. The van der Waals surface area contributed by atoms with Crippen LogP contribution in [0.4, 0.5) is 4.39 Å². The maximum absolute atomic E-state index is 12.9. The minimum atomic E-state index is -3.92. The first-order valence-corrected chi connectivity index (χ1v) is 9.65. The molecule has 5 nitrogen and oxygen atoms in total. The molecule has 2 N–H and O–H groups in total. The smallest absolute Gasteiger partial charge is 0.257 e. The Balaban J connectivity index is 2.19. The molecule has 7 heteroatoms. The average Bonchev–Trinajstić information content (AvgIpc) is 2.58. The van der Waals surface area contributed by atoms with Gasteiger partial charge in [0.05, 0.1) is 11.3 Å². The van der Waals surface area contributed by atoms with Crippen molar-refractivity contribution in [1.29, 1.82) is 0 Å². The zero-order chi connectivity index (χ0) is 19.6. The van der Waals surface area contributed by atoms with Crippen LogP contribution in [0.3, 0.4) is 0 Å². The monoisotopic (exact) mass is 378 g/mol. The Hall–Kier alpha value is -2.25. The van der Waals surface area contributed by atoms with Crippen molar-refractivity contribution in [2.24, 2.45) is 0 Å². The minimum absolute atomic E-state index is 0.0628. The van der Waals surface area contributed by atoms with Crippen LogP contribution in [-0.2, 0) is 21.2 Å². The number of halogens is 1. The second-order valence-corrected chi connectivity index (χ2v) is 8.03. The molecule has 2 rings (SSSR count). The zero-order valence-electron chi connectivity index (χ0n) is 15.5. The third-order valence-corrected chi connectivity index (χ3v) is 6.32. The molecule has 0 heterocycles. The van der Waals surface area contributed by atoms with Crippen LogP contribution in [0.5, 0.6) is 0 Å². The van der Waals surface area contributed by atoms with E-state index in [1.807, 2.05) is 20.8 Å². The van der Waals surface area contributed by atoms with Crippen LogP contribution in [0.25, 0.3) is 0 Å². The molecule has 140 valence electrons. The Morgan fingerprint density at radius 2 is 1.35 bits per heavy atom. The van der Waals surface area contributed by atoms with E-state index in [4.69, 9.17) is 0 Å². The summed E-state index contributed by atoms with van der Waals surface area (Å²) in [7, 11) is -3.92. The number of hydrogen-bond donors (Lipinski definition) is 2. The summed E-state index contributed by atoms with van der Waals surface area (Å²) < 4.78 is 38.3. The summed E-state index contributed by atoms with van der Waals surface area (Å²) in [5, 5.41) is 0. The van der Waals surface area contributed by atoms with Gasteiger partial charge in [-0.2, -0.15) is 0 Å². The van der Waals surface area contributed by atoms with Gasteiger partial charge in [-0.15, -0.1) is 4.83 Å². The number of hydrogen-bond acceptors (Lipinski definition) is 3. The van der Waals surface area contributed by atoms with Gasteiger partial charge < -0.3 is 0 Å². The molecule has 0 aliphatic carbocycles. The van der Waals surface area contributed by atoms with E-state index in [2.05, 4.69) is 10.3 Å². The SMILES string of the molecule is Cc1c(C)c(C)c(S(=O)(=O)NNC(=O)Cc2ccc(F)cc2)c(C)c1C. The summed E-state index contributed by atoms with van der Waals surface area (Å²) in [5.74, 6) is -0.929. The van der Waals surface area contributed by atoms with Gasteiger partial charge in [0, 0.05) is 0 Å². The van der Waals surface area contributed by atoms with Crippen LogP contribution >= 0.6 is 0 Å². The summed E-state index contributed by atoms with van der Waals surface area (Å²) in [6, 6.07) is 5.45. The van der Waals surface area contributed by atoms with Crippen molar-refractivity contribution in [3.8, 4) is 0 Å². The fourth-order valence-corrected chi connectivity index (χ4v) is 4.34. The number of carbonyl (C=O) groups excluding carboxylic acids is 1. The molecule has 0 aromatic heterocycles. The van der Waals surface area contributed by atoms with Gasteiger partial charge in [0.25, 0.3) is 10.0 Å². The molecule has 0 spiro atoms. The molecule has 2 aromatic rings. The van der Waals surface area contributed by atoms with Crippen LogP contribution < -0.4 is 10.3 Å². The highest BCUT2D eigenvalue weighted by Gasteiger charge is 2.24. The largest absolute Gasteiger partial charge is 0.277 e. The molecule has 0 aliphatic rings. The number of amides is 1. The lowest BCUT2D eigenvalue weighted by Gasteiger charge is -2.19. The average molecular weight is 378 g/mol. The molecule has 0 bridgehead atoms. The van der Waals surface area contributed by atoms with Gasteiger partial charge in [0.15, 0.2) is 0 Å². The maximum atomic E-state index is 12.9. The third-order valence-electron chi connectivity index (χ3n) is 4.80. The fraction of sp³-hybridized carbons (Fsp3) is 0.316. The lowest BCUT2D eigenvalue weighted by molar-refractivity contribution is -0.120. The fourth-order valence-electron chi connectivity index (χ4n) is 2.88. The van der Waals surface area contributed by atoms with Crippen LogP contribution in [0.1, 0.15) is 33.4 Å². The van der Waals surface area contributed by atoms with Gasteiger partial charge in [-0.1, -0.05) is 12.1 Å². The molecule has 0 atom stereocenters. The van der Waals surface area contributed by atoms with E-state index in [0.29, 0.717) is 16.7 Å². The first kappa shape index (κ1) is 20.1. The summed E-state index contributed by atoms with van der Waals surface area (Å²) in [6.45, 7) is 9.22. The predicted octanol–water partition coefficient (Wildman–Crippen LogP) is 2.92. The van der Waals surface area contributed by atoms with Crippen molar-refractivity contribution < 1.29 is 17.6 Å². The molecular formula is C19H23FN2O3S. The molecule has 0 saturated carbocycles. The topological polar surface area (TPSA) is 75.3 Å².